The Morgan fingerprint density at radius 3 is 2.31 bits per heavy atom. The van der Waals surface area contributed by atoms with Crippen LogP contribution in [0.1, 0.15) is 11.1 Å². The first-order valence-corrected chi connectivity index (χ1v) is 9.09. The van der Waals surface area contributed by atoms with Gasteiger partial charge in [-0.05, 0) is 32.5 Å². The van der Waals surface area contributed by atoms with Crippen molar-refractivity contribution in [3.8, 4) is 11.1 Å². The van der Waals surface area contributed by atoms with E-state index < -0.39 is 0 Å². The number of nitrogens with two attached hydrogens (primary N) is 1. The quantitative estimate of drug-likeness (QED) is 0.771. The lowest BCUT2D eigenvalue weighted by Gasteiger charge is -2.33. The van der Waals surface area contributed by atoms with Crippen LogP contribution in [0.2, 0.25) is 0 Å². The SMILES string of the molecule is Cc1cc(C)cc(-c2cccc3c(N4CCN(C)CC4)nc(N)nc23)c1. The number of rotatable bonds is 2. The Bertz CT molecular complexity index is 938. The predicted molar refractivity (Wildman–Crippen MR) is 109 cm³/mol. The van der Waals surface area contributed by atoms with Gasteiger partial charge >= 0.3 is 0 Å². The maximum absolute atomic E-state index is 6.11. The molecule has 0 bridgehead atoms. The molecule has 134 valence electrons. The van der Waals surface area contributed by atoms with Crippen LogP contribution in [0.15, 0.2) is 36.4 Å². The Labute approximate surface area is 154 Å². The second-order valence-corrected chi connectivity index (χ2v) is 7.27. The van der Waals surface area contributed by atoms with Gasteiger partial charge in [0.1, 0.15) is 5.82 Å². The number of likely N-dealkylation sites (N-methyl/N-ethyl adjacent to an activating group) is 1. The smallest absolute Gasteiger partial charge is 0.222 e. The van der Waals surface area contributed by atoms with E-state index in [-0.39, 0.29) is 0 Å². The van der Waals surface area contributed by atoms with Gasteiger partial charge in [0.05, 0.1) is 5.52 Å². The zero-order valence-corrected chi connectivity index (χ0v) is 15.7. The summed E-state index contributed by atoms with van der Waals surface area (Å²) in [6.07, 6.45) is 0. The van der Waals surface area contributed by atoms with Crippen molar-refractivity contribution < 1.29 is 0 Å². The van der Waals surface area contributed by atoms with E-state index in [0.29, 0.717) is 5.95 Å². The van der Waals surface area contributed by atoms with Crippen LogP contribution < -0.4 is 10.6 Å². The summed E-state index contributed by atoms with van der Waals surface area (Å²) in [5, 5.41) is 1.07. The summed E-state index contributed by atoms with van der Waals surface area (Å²) in [4.78, 5) is 13.9. The van der Waals surface area contributed by atoms with Gasteiger partial charge in [-0.25, -0.2) is 4.98 Å². The number of nitrogens with zero attached hydrogens (tertiary/aromatic N) is 4. The molecule has 1 aliphatic heterocycles. The molecule has 1 saturated heterocycles. The second kappa shape index (κ2) is 6.57. The summed E-state index contributed by atoms with van der Waals surface area (Å²) < 4.78 is 0. The van der Waals surface area contributed by atoms with Crippen molar-refractivity contribution in [1.29, 1.82) is 0 Å². The van der Waals surface area contributed by atoms with Crippen LogP contribution in [0, 0.1) is 13.8 Å². The van der Waals surface area contributed by atoms with Gasteiger partial charge in [-0.15, -0.1) is 0 Å². The highest BCUT2D eigenvalue weighted by molar-refractivity contribution is 6.00. The molecule has 2 aromatic carbocycles. The van der Waals surface area contributed by atoms with E-state index in [1.165, 1.54) is 16.7 Å². The van der Waals surface area contributed by atoms with Crippen molar-refractivity contribution in [2.75, 3.05) is 43.9 Å². The number of para-hydroxylation sites is 1. The number of hydrogen-bond donors (Lipinski definition) is 1. The van der Waals surface area contributed by atoms with Crippen LogP contribution in [-0.4, -0.2) is 48.1 Å². The van der Waals surface area contributed by atoms with Gasteiger partial charge in [0.15, 0.2) is 0 Å². The molecule has 0 atom stereocenters. The topological polar surface area (TPSA) is 58.3 Å². The third-order valence-corrected chi connectivity index (χ3v) is 5.06. The maximum Gasteiger partial charge on any atom is 0.222 e. The molecule has 0 unspecified atom stereocenters. The number of fused-ring (bicyclic) bond motifs is 1. The summed E-state index contributed by atoms with van der Waals surface area (Å²) >= 11 is 0. The molecular weight excluding hydrogens is 322 g/mol. The minimum Gasteiger partial charge on any atom is -0.368 e. The second-order valence-electron chi connectivity index (χ2n) is 7.27. The number of nitrogen functional groups attached to an aromatic ring is 1. The fourth-order valence-electron chi connectivity index (χ4n) is 3.78. The van der Waals surface area contributed by atoms with Crippen molar-refractivity contribution in [2.45, 2.75) is 13.8 Å². The molecule has 2 heterocycles. The zero-order chi connectivity index (χ0) is 18.3. The molecule has 0 spiro atoms. The lowest BCUT2D eigenvalue weighted by atomic mass is 9.98. The summed E-state index contributed by atoms with van der Waals surface area (Å²) in [5.41, 5.74) is 11.8. The summed E-state index contributed by atoms with van der Waals surface area (Å²) in [7, 11) is 2.15. The van der Waals surface area contributed by atoms with E-state index in [1.54, 1.807) is 0 Å². The van der Waals surface area contributed by atoms with Crippen molar-refractivity contribution in [3.63, 3.8) is 0 Å². The molecule has 0 saturated carbocycles. The Morgan fingerprint density at radius 1 is 0.923 bits per heavy atom. The lowest BCUT2D eigenvalue weighted by molar-refractivity contribution is 0.312. The molecule has 4 rings (SSSR count). The molecule has 5 heteroatoms. The lowest BCUT2D eigenvalue weighted by Crippen LogP contribution is -2.45. The molecule has 1 fully saturated rings. The molecule has 26 heavy (non-hydrogen) atoms. The minimum atomic E-state index is 0.336. The third kappa shape index (κ3) is 3.10. The van der Waals surface area contributed by atoms with E-state index in [4.69, 9.17) is 5.73 Å². The Hall–Kier alpha value is -2.66. The van der Waals surface area contributed by atoms with E-state index in [1.807, 2.05) is 0 Å². The first kappa shape index (κ1) is 16.8. The average Bonchev–Trinajstić information content (AvgIpc) is 2.60. The van der Waals surface area contributed by atoms with Gasteiger partial charge < -0.3 is 15.5 Å². The molecule has 5 nitrogen and oxygen atoms in total. The standard InChI is InChI=1S/C21H25N5/c1-14-11-15(2)13-16(12-14)17-5-4-6-18-19(17)23-21(22)24-20(18)26-9-7-25(3)8-10-26/h4-6,11-13H,7-10H2,1-3H3,(H2,22,23,24). The van der Waals surface area contributed by atoms with Crippen molar-refractivity contribution in [1.82, 2.24) is 14.9 Å². The first-order chi connectivity index (χ1) is 12.5. The zero-order valence-electron chi connectivity index (χ0n) is 15.7. The molecule has 0 aliphatic carbocycles. The molecule has 2 N–H and O–H groups in total. The number of hydrogen-bond acceptors (Lipinski definition) is 5. The summed E-state index contributed by atoms with van der Waals surface area (Å²) in [6, 6.07) is 12.9. The van der Waals surface area contributed by atoms with Crippen molar-refractivity contribution in [3.05, 3.63) is 47.5 Å². The normalized spacial score (nSPS) is 15.6. The molecular formula is C21H25N5. The summed E-state index contributed by atoms with van der Waals surface area (Å²) in [6.45, 7) is 8.22. The molecule has 0 amide bonds. The van der Waals surface area contributed by atoms with Crippen LogP contribution in [0.5, 0.6) is 0 Å². The van der Waals surface area contributed by atoms with Crippen molar-refractivity contribution in [2.24, 2.45) is 0 Å². The Kier molecular flexibility index (Phi) is 4.24. The highest BCUT2D eigenvalue weighted by Crippen LogP contribution is 2.33. The van der Waals surface area contributed by atoms with E-state index in [0.717, 1.165) is 48.5 Å². The fourth-order valence-corrected chi connectivity index (χ4v) is 3.78. The highest BCUT2D eigenvalue weighted by Gasteiger charge is 2.20. The number of aryl methyl sites for hydroxylation is 2. The van der Waals surface area contributed by atoms with Crippen LogP contribution >= 0.6 is 0 Å². The first-order valence-electron chi connectivity index (χ1n) is 9.09. The Balaban J connectivity index is 1.89. The van der Waals surface area contributed by atoms with Crippen LogP contribution in [-0.2, 0) is 0 Å². The maximum atomic E-state index is 6.11. The molecule has 1 aromatic heterocycles. The predicted octanol–water partition coefficient (Wildman–Crippen LogP) is 3.25. The Morgan fingerprint density at radius 2 is 1.62 bits per heavy atom. The van der Waals surface area contributed by atoms with Gasteiger partial charge in [0, 0.05) is 37.1 Å². The molecule has 3 aromatic rings. The van der Waals surface area contributed by atoms with Gasteiger partial charge in [0.25, 0.3) is 0 Å². The largest absolute Gasteiger partial charge is 0.368 e. The minimum absolute atomic E-state index is 0.336. The molecule has 1 aliphatic rings. The van der Waals surface area contributed by atoms with Crippen LogP contribution in [0.3, 0.4) is 0 Å². The van der Waals surface area contributed by atoms with E-state index in [2.05, 4.69) is 77.1 Å². The number of anilines is 2. The van der Waals surface area contributed by atoms with Crippen LogP contribution in [0.25, 0.3) is 22.0 Å². The van der Waals surface area contributed by atoms with Crippen LogP contribution in [0.4, 0.5) is 11.8 Å². The number of benzene rings is 2. The molecule has 0 radical (unpaired) electrons. The monoisotopic (exact) mass is 347 g/mol. The average molecular weight is 347 g/mol. The van der Waals surface area contributed by atoms with Gasteiger partial charge in [-0.2, -0.15) is 4.98 Å². The van der Waals surface area contributed by atoms with Gasteiger partial charge in [-0.3, -0.25) is 0 Å². The number of aromatic nitrogens is 2. The van der Waals surface area contributed by atoms with E-state index >= 15 is 0 Å². The highest BCUT2D eigenvalue weighted by atomic mass is 15.3. The summed E-state index contributed by atoms with van der Waals surface area (Å²) in [5.74, 6) is 1.29. The number of piperazine rings is 1. The van der Waals surface area contributed by atoms with Crippen molar-refractivity contribution >= 4 is 22.7 Å². The fraction of sp³-hybridized carbons (Fsp3) is 0.333. The van der Waals surface area contributed by atoms with Gasteiger partial charge in [-0.1, -0.05) is 41.5 Å². The van der Waals surface area contributed by atoms with E-state index in [9.17, 15) is 0 Å². The third-order valence-electron chi connectivity index (χ3n) is 5.06. The van der Waals surface area contributed by atoms with Gasteiger partial charge in [0.2, 0.25) is 5.95 Å².